The van der Waals surface area contributed by atoms with Gasteiger partial charge in [-0.3, -0.25) is 0 Å². The van der Waals surface area contributed by atoms with Gasteiger partial charge in [-0.2, -0.15) is 13.2 Å². The summed E-state index contributed by atoms with van der Waals surface area (Å²) >= 11 is 0. The molecule has 0 aliphatic carbocycles. The fourth-order valence-electron chi connectivity index (χ4n) is 1.50. The van der Waals surface area contributed by atoms with Crippen LogP contribution in [0.1, 0.15) is 11.1 Å². The van der Waals surface area contributed by atoms with Crippen molar-refractivity contribution < 1.29 is 31.1 Å². The summed E-state index contributed by atoms with van der Waals surface area (Å²) in [5, 5.41) is 0. The van der Waals surface area contributed by atoms with Gasteiger partial charge in [-0.25, -0.2) is 13.2 Å². The zero-order chi connectivity index (χ0) is 15.7. The molecular weight excluding hydrogens is 297 g/mol. The first kappa shape index (κ1) is 16.2. The highest BCUT2D eigenvalue weighted by Gasteiger charge is 2.36. The number of hydrogen-bond acceptors (Lipinski definition) is 4. The van der Waals surface area contributed by atoms with Crippen LogP contribution in [0.15, 0.2) is 29.7 Å². The maximum Gasteiger partial charge on any atom is 0.417 e. The van der Waals surface area contributed by atoms with Gasteiger partial charge < -0.3 is 4.74 Å². The van der Waals surface area contributed by atoms with Crippen molar-refractivity contribution in [3.05, 3.63) is 35.9 Å². The minimum Gasteiger partial charge on any atom is -0.465 e. The van der Waals surface area contributed by atoms with Crippen LogP contribution in [0.3, 0.4) is 0 Å². The van der Waals surface area contributed by atoms with Crippen LogP contribution in [-0.2, 0) is 25.5 Å². The second-order valence-corrected chi connectivity index (χ2v) is 5.94. The van der Waals surface area contributed by atoms with E-state index in [4.69, 9.17) is 0 Å². The second kappa shape index (κ2) is 5.28. The van der Waals surface area contributed by atoms with Gasteiger partial charge >= 0.3 is 12.1 Å². The molecule has 0 amide bonds. The number of carbonyl (C=O) groups is 1. The molecular formula is C12H11F3O4S. The number of ether oxygens (including phenoxy) is 1. The lowest BCUT2D eigenvalue weighted by Crippen LogP contribution is -2.13. The highest BCUT2D eigenvalue weighted by molar-refractivity contribution is 7.90. The van der Waals surface area contributed by atoms with E-state index in [1.807, 2.05) is 0 Å². The van der Waals surface area contributed by atoms with E-state index in [2.05, 4.69) is 11.3 Å². The molecule has 1 aromatic carbocycles. The van der Waals surface area contributed by atoms with Crippen LogP contribution in [0.25, 0.3) is 5.57 Å². The predicted octanol–water partition coefficient (Wildman–Crippen LogP) is 2.30. The van der Waals surface area contributed by atoms with Gasteiger partial charge in [0, 0.05) is 6.26 Å². The zero-order valence-electron chi connectivity index (χ0n) is 10.6. The molecule has 0 aromatic heterocycles. The van der Waals surface area contributed by atoms with Crippen LogP contribution in [-0.4, -0.2) is 27.8 Å². The molecule has 0 aliphatic rings. The Morgan fingerprint density at radius 1 is 1.30 bits per heavy atom. The standard InChI is InChI=1S/C12H11F3O4S/c1-7(11(16)19-2)8-4-5-10(20(3,17)18)9(6-8)12(13,14)15/h4-6H,1H2,2-3H3. The molecule has 0 spiro atoms. The fourth-order valence-corrected chi connectivity index (χ4v) is 2.39. The van der Waals surface area contributed by atoms with Crippen LogP contribution in [0.4, 0.5) is 13.2 Å². The van der Waals surface area contributed by atoms with Gasteiger partial charge in [-0.15, -0.1) is 0 Å². The maximum absolute atomic E-state index is 12.9. The average molecular weight is 308 g/mol. The fraction of sp³-hybridized carbons (Fsp3) is 0.250. The van der Waals surface area contributed by atoms with E-state index in [-0.39, 0.29) is 11.1 Å². The molecule has 0 heterocycles. The number of benzene rings is 1. The number of rotatable bonds is 3. The van der Waals surface area contributed by atoms with Gasteiger partial charge in [0.1, 0.15) is 0 Å². The van der Waals surface area contributed by atoms with Crippen molar-refractivity contribution in [2.45, 2.75) is 11.1 Å². The molecule has 0 saturated carbocycles. The van der Waals surface area contributed by atoms with E-state index in [1.165, 1.54) is 0 Å². The largest absolute Gasteiger partial charge is 0.465 e. The monoisotopic (exact) mass is 308 g/mol. The molecule has 110 valence electrons. The predicted molar refractivity (Wildman–Crippen MR) is 65.6 cm³/mol. The smallest absolute Gasteiger partial charge is 0.417 e. The van der Waals surface area contributed by atoms with Crippen molar-refractivity contribution in [2.24, 2.45) is 0 Å². The van der Waals surface area contributed by atoms with E-state index in [0.29, 0.717) is 12.3 Å². The van der Waals surface area contributed by atoms with Crippen molar-refractivity contribution in [2.75, 3.05) is 13.4 Å². The second-order valence-electron chi connectivity index (χ2n) is 3.95. The molecule has 0 bridgehead atoms. The molecule has 0 fully saturated rings. The average Bonchev–Trinajstić information content (AvgIpc) is 2.34. The number of hydrogen-bond donors (Lipinski definition) is 0. The quantitative estimate of drug-likeness (QED) is 0.635. The number of carbonyl (C=O) groups excluding carboxylic acids is 1. The van der Waals surface area contributed by atoms with Gasteiger partial charge in [-0.1, -0.05) is 12.6 Å². The van der Waals surface area contributed by atoms with Crippen LogP contribution in [0.2, 0.25) is 0 Å². The van der Waals surface area contributed by atoms with Crippen LogP contribution >= 0.6 is 0 Å². The van der Waals surface area contributed by atoms with Gasteiger partial charge in [0.15, 0.2) is 9.84 Å². The Labute approximate surface area is 113 Å². The lowest BCUT2D eigenvalue weighted by atomic mass is 10.0. The molecule has 0 radical (unpaired) electrons. The first-order chi connectivity index (χ1) is 8.98. The summed E-state index contributed by atoms with van der Waals surface area (Å²) in [4.78, 5) is 10.4. The van der Waals surface area contributed by atoms with Crippen LogP contribution < -0.4 is 0 Å². The minimum absolute atomic E-state index is 0.156. The SMILES string of the molecule is C=C(C(=O)OC)c1ccc(S(C)(=O)=O)c(C(F)(F)F)c1. The Morgan fingerprint density at radius 3 is 2.25 bits per heavy atom. The van der Waals surface area contributed by atoms with E-state index in [9.17, 15) is 26.4 Å². The molecule has 0 N–H and O–H groups in total. The molecule has 20 heavy (non-hydrogen) atoms. The summed E-state index contributed by atoms with van der Waals surface area (Å²) in [6.45, 7) is 3.32. The maximum atomic E-state index is 12.9. The van der Waals surface area contributed by atoms with E-state index >= 15 is 0 Å². The molecule has 0 unspecified atom stereocenters. The summed E-state index contributed by atoms with van der Waals surface area (Å²) in [6.07, 6.45) is -4.20. The topological polar surface area (TPSA) is 60.4 Å². The van der Waals surface area contributed by atoms with Gasteiger partial charge in [0.2, 0.25) is 0 Å². The van der Waals surface area contributed by atoms with E-state index < -0.39 is 32.4 Å². The number of alkyl halides is 3. The van der Waals surface area contributed by atoms with E-state index in [0.717, 1.165) is 19.2 Å². The Kier molecular flexibility index (Phi) is 4.28. The summed E-state index contributed by atoms with van der Waals surface area (Å²) in [5.41, 5.74) is -1.79. The molecule has 8 heteroatoms. The third-order valence-corrected chi connectivity index (χ3v) is 3.62. The third-order valence-electron chi connectivity index (χ3n) is 2.46. The summed E-state index contributed by atoms with van der Waals surface area (Å²) < 4.78 is 65.8. The lowest BCUT2D eigenvalue weighted by molar-refractivity contribution is -0.140. The zero-order valence-corrected chi connectivity index (χ0v) is 11.4. The van der Waals surface area contributed by atoms with Crippen molar-refractivity contribution >= 4 is 21.4 Å². The van der Waals surface area contributed by atoms with Crippen molar-refractivity contribution in [3.8, 4) is 0 Å². The lowest BCUT2D eigenvalue weighted by Gasteiger charge is -2.13. The Morgan fingerprint density at radius 2 is 1.85 bits per heavy atom. The summed E-state index contributed by atoms with van der Waals surface area (Å²) in [7, 11) is -2.99. The van der Waals surface area contributed by atoms with Crippen molar-refractivity contribution in [1.82, 2.24) is 0 Å². The van der Waals surface area contributed by atoms with Crippen LogP contribution in [0, 0.1) is 0 Å². The van der Waals surface area contributed by atoms with Gasteiger partial charge in [0.05, 0.1) is 23.1 Å². The van der Waals surface area contributed by atoms with Crippen molar-refractivity contribution in [1.29, 1.82) is 0 Å². The molecule has 0 atom stereocenters. The number of halogens is 3. The first-order valence-electron chi connectivity index (χ1n) is 5.17. The molecule has 1 rings (SSSR count). The highest BCUT2D eigenvalue weighted by Crippen LogP contribution is 2.35. The summed E-state index contributed by atoms with van der Waals surface area (Å²) in [6, 6.07) is 2.43. The first-order valence-corrected chi connectivity index (χ1v) is 7.06. The summed E-state index contributed by atoms with van der Waals surface area (Å²) in [5.74, 6) is -0.898. The van der Waals surface area contributed by atoms with Gasteiger partial charge in [-0.05, 0) is 17.7 Å². The molecule has 0 saturated heterocycles. The molecule has 1 aromatic rings. The van der Waals surface area contributed by atoms with Gasteiger partial charge in [0.25, 0.3) is 0 Å². The minimum atomic E-state index is -4.87. The van der Waals surface area contributed by atoms with E-state index in [1.54, 1.807) is 0 Å². The number of esters is 1. The van der Waals surface area contributed by atoms with Crippen molar-refractivity contribution in [3.63, 3.8) is 0 Å². The normalized spacial score (nSPS) is 12.1. The Balaban J connectivity index is 3.52. The third kappa shape index (κ3) is 3.38. The number of sulfone groups is 1. The molecule has 4 nitrogen and oxygen atoms in total. The molecule has 0 aliphatic heterocycles. The Hall–Kier alpha value is -1.83. The number of methoxy groups -OCH3 is 1. The highest BCUT2D eigenvalue weighted by atomic mass is 32.2. The Bertz CT molecular complexity index is 660. The van der Waals surface area contributed by atoms with Crippen LogP contribution in [0.5, 0.6) is 0 Å².